The lowest BCUT2D eigenvalue weighted by atomic mass is 10.2. The number of benzene rings is 1. The molecule has 0 spiro atoms. The number of amides is 1. The van der Waals surface area contributed by atoms with Gasteiger partial charge in [0.2, 0.25) is 5.91 Å². The number of carbonyl (C=O) groups is 1. The first kappa shape index (κ1) is 15.4. The zero-order valence-electron chi connectivity index (χ0n) is 12.1. The normalized spacial score (nSPS) is 10.6. The molecule has 0 radical (unpaired) electrons. The smallest absolute Gasteiger partial charge is 0.325 e. The minimum atomic E-state index is -0.171. The molecule has 0 aliphatic carbocycles. The first-order chi connectivity index (χ1) is 9.97. The summed E-state index contributed by atoms with van der Waals surface area (Å²) in [5.41, 5.74) is 2.51. The van der Waals surface area contributed by atoms with Gasteiger partial charge in [-0.25, -0.2) is 4.79 Å². The monoisotopic (exact) mass is 307 g/mol. The van der Waals surface area contributed by atoms with Gasteiger partial charge in [-0.3, -0.25) is 9.36 Å². The predicted molar refractivity (Wildman–Crippen MR) is 82.4 cm³/mol. The molecule has 0 aliphatic heterocycles. The molecule has 0 atom stereocenters. The Kier molecular flexibility index (Phi) is 4.85. The molecule has 5 nitrogen and oxygen atoms in total. The van der Waals surface area contributed by atoms with Crippen molar-refractivity contribution in [3.8, 4) is 0 Å². The van der Waals surface area contributed by atoms with E-state index in [-0.39, 0.29) is 18.0 Å². The summed E-state index contributed by atoms with van der Waals surface area (Å²) in [6.07, 6.45) is 0.269. The number of rotatable bonds is 5. The quantitative estimate of drug-likeness (QED) is 0.889. The summed E-state index contributed by atoms with van der Waals surface area (Å²) in [6, 6.07) is 7.31. The lowest BCUT2D eigenvalue weighted by Crippen LogP contribution is -2.26. The number of carbonyl (C=O) groups excluding carboxylic acids is 1. The minimum Gasteiger partial charge on any atom is -0.352 e. The second kappa shape index (κ2) is 6.63. The van der Waals surface area contributed by atoms with Gasteiger partial charge in [-0.2, -0.15) is 0 Å². The van der Waals surface area contributed by atoms with Crippen molar-refractivity contribution in [3.63, 3.8) is 0 Å². The van der Waals surface area contributed by atoms with Crippen molar-refractivity contribution in [2.24, 2.45) is 0 Å². The van der Waals surface area contributed by atoms with Gasteiger partial charge < -0.3 is 10.3 Å². The molecule has 0 saturated carbocycles. The Hall–Kier alpha value is -2.01. The zero-order valence-corrected chi connectivity index (χ0v) is 12.8. The van der Waals surface area contributed by atoms with Crippen LogP contribution in [0.25, 0.3) is 0 Å². The zero-order chi connectivity index (χ0) is 15.4. The molecule has 2 rings (SSSR count). The molecule has 2 aromatic rings. The van der Waals surface area contributed by atoms with Crippen molar-refractivity contribution in [3.05, 3.63) is 56.7 Å². The average molecular weight is 308 g/mol. The number of hydrogen-bond acceptors (Lipinski definition) is 2. The SMILES string of the molecule is Cc1[nH]c(=O)n(CCC(=O)NCc2ccc(Cl)cc2)c1C. The van der Waals surface area contributed by atoms with Crippen LogP contribution in [-0.4, -0.2) is 15.5 Å². The Balaban J connectivity index is 1.85. The number of nitrogens with one attached hydrogen (secondary N) is 2. The van der Waals surface area contributed by atoms with Gasteiger partial charge in [0.15, 0.2) is 0 Å². The molecule has 1 heterocycles. The summed E-state index contributed by atoms with van der Waals surface area (Å²) in [4.78, 5) is 26.2. The Morgan fingerprint density at radius 3 is 2.52 bits per heavy atom. The maximum atomic E-state index is 11.8. The molecule has 2 N–H and O–H groups in total. The molecule has 1 amide bonds. The van der Waals surface area contributed by atoms with Gasteiger partial charge in [0.05, 0.1) is 0 Å². The van der Waals surface area contributed by atoms with Crippen molar-refractivity contribution in [2.75, 3.05) is 0 Å². The van der Waals surface area contributed by atoms with E-state index in [0.717, 1.165) is 17.0 Å². The lowest BCUT2D eigenvalue weighted by molar-refractivity contribution is -0.121. The van der Waals surface area contributed by atoms with Gasteiger partial charge in [0.25, 0.3) is 0 Å². The standard InChI is InChI=1S/C15H18ClN3O2/c1-10-11(2)19(15(21)18-10)8-7-14(20)17-9-12-3-5-13(16)6-4-12/h3-6H,7-9H2,1-2H3,(H,17,20)(H,18,21). The maximum absolute atomic E-state index is 11.8. The highest BCUT2D eigenvalue weighted by Gasteiger charge is 2.08. The number of halogens is 1. The summed E-state index contributed by atoms with van der Waals surface area (Å²) in [5, 5.41) is 3.50. The van der Waals surface area contributed by atoms with Crippen LogP contribution in [-0.2, 0) is 17.9 Å². The molecule has 0 saturated heterocycles. The minimum absolute atomic E-state index is 0.0879. The average Bonchev–Trinajstić information content (AvgIpc) is 2.69. The van der Waals surface area contributed by atoms with E-state index >= 15 is 0 Å². The molecular weight excluding hydrogens is 290 g/mol. The van der Waals surface area contributed by atoms with E-state index in [4.69, 9.17) is 11.6 Å². The second-order valence-electron chi connectivity index (χ2n) is 4.95. The fourth-order valence-corrected chi connectivity index (χ4v) is 2.17. The predicted octanol–water partition coefficient (Wildman–Crippen LogP) is 2.15. The first-order valence-electron chi connectivity index (χ1n) is 6.74. The van der Waals surface area contributed by atoms with E-state index in [2.05, 4.69) is 10.3 Å². The number of aromatic amines is 1. The number of aryl methyl sites for hydroxylation is 1. The summed E-state index contributed by atoms with van der Waals surface area (Å²) < 4.78 is 1.58. The highest BCUT2D eigenvalue weighted by molar-refractivity contribution is 6.30. The van der Waals surface area contributed by atoms with E-state index in [9.17, 15) is 9.59 Å². The Morgan fingerprint density at radius 2 is 1.95 bits per heavy atom. The van der Waals surface area contributed by atoms with Crippen molar-refractivity contribution >= 4 is 17.5 Å². The van der Waals surface area contributed by atoms with Crippen LogP contribution in [0, 0.1) is 13.8 Å². The van der Waals surface area contributed by atoms with Crippen molar-refractivity contribution in [1.82, 2.24) is 14.9 Å². The van der Waals surface area contributed by atoms with Gasteiger partial charge in [-0.1, -0.05) is 23.7 Å². The van der Waals surface area contributed by atoms with Crippen LogP contribution in [0.2, 0.25) is 5.02 Å². The highest BCUT2D eigenvalue weighted by Crippen LogP contribution is 2.09. The van der Waals surface area contributed by atoms with Crippen molar-refractivity contribution < 1.29 is 4.79 Å². The molecule has 1 aromatic carbocycles. The van der Waals surface area contributed by atoms with E-state index in [1.807, 2.05) is 26.0 Å². The summed E-state index contributed by atoms with van der Waals surface area (Å²) >= 11 is 5.80. The Labute approximate surface area is 127 Å². The fourth-order valence-electron chi connectivity index (χ4n) is 2.05. The number of imidazole rings is 1. The lowest BCUT2D eigenvalue weighted by Gasteiger charge is -2.07. The molecule has 0 fully saturated rings. The van der Waals surface area contributed by atoms with Gasteiger partial charge >= 0.3 is 5.69 Å². The maximum Gasteiger partial charge on any atom is 0.325 e. The fraction of sp³-hybridized carbons (Fsp3) is 0.333. The molecule has 112 valence electrons. The van der Waals surface area contributed by atoms with Crippen LogP contribution in [0.4, 0.5) is 0 Å². The van der Waals surface area contributed by atoms with Crippen LogP contribution >= 0.6 is 11.6 Å². The molecule has 0 unspecified atom stereocenters. The van der Waals surface area contributed by atoms with Crippen LogP contribution in [0.5, 0.6) is 0 Å². The molecule has 0 aliphatic rings. The van der Waals surface area contributed by atoms with E-state index in [1.165, 1.54) is 0 Å². The Morgan fingerprint density at radius 1 is 1.29 bits per heavy atom. The highest BCUT2D eigenvalue weighted by atomic mass is 35.5. The first-order valence-corrected chi connectivity index (χ1v) is 7.12. The molecule has 21 heavy (non-hydrogen) atoms. The van der Waals surface area contributed by atoms with E-state index in [1.54, 1.807) is 16.7 Å². The third kappa shape index (κ3) is 3.98. The second-order valence-corrected chi connectivity index (χ2v) is 5.38. The molecular formula is C15H18ClN3O2. The van der Waals surface area contributed by atoms with Gasteiger partial charge in [-0.15, -0.1) is 0 Å². The van der Waals surface area contributed by atoms with E-state index in [0.29, 0.717) is 18.1 Å². The summed E-state index contributed by atoms with van der Waals surface area (Å²) in [7, 11) is 0. The third-order valence-electron chi connectivity index (χ3n) is 3.45. The topological polar surface area (TPSA) is 66.9 Å². The van der Waals surface area contributed by atoms with Crippen LogP contribution < -0.4 is 11.0 Å². The van der Waals surface area contributed by atoms with Crippen molar-refractivity contribution in [2.45, 2.75) is 33.4 Å². The number of aromatic nitrogens is 2. The van der Waals surface area contributed by atoms with Gasteiger partial charge in [0, 0.05) is 35.9 Å². The summed E-state index contributed by atoms with van der Waals surface area (Å²) in [5.74, 6) is -0.0879. The largest absolute Gasteiger partial charge is 0.352 e. The molecule has 1 aromatic heterocycles. The van der Waals surface area contributed by atoms with Gasteiger partial charge in [0.1, 0.15) is 0 Å². The third-order valence-corrected chi connectivity index (χ3v) is 3.70. The van der Waals surface area contributed by atoms with Crippen LogP contribution in [0.3, 0.4) is 0 Å². The van der Waals surface area contributed by atoms with Crippen molar-refractivity contribution in [1.29, 1.82) is 0 Å². The van der Waals surface area contributed by atoms with E-state index < -0.39 is 0 Å². The number of nitrogens with zero attached hydrogens (tertiary/aromatic N) is 1. The molecule has 0 bridgehead atoms. The number of hydrogen-bond donors (Lipinski definition) is 2. The summed E-state index contributed by atoms with van der Waals surface area (Å²) in [6.45, 7) is 4.53. The van der Waals surface area contributed by atoms with Crippen LogP contribution in [0.1, 0.15) is 23.4 Å². The Bertz CT molecular complexity index is 686. The van der Waals surface area contributed by atoms with Crippen LogP contribution in [0.15, 0.2) is 29.1 Å². The number of H-pyrrole nitrogens is 1. The van der Waals surface area contributed by atoms with Gasteiger partial charge in [-0.05, 0) is 31.5 Å². The molecule has 6 heteroatoms.